The van der Waals surface area contributed by atoms with Crippen LogP contribution in [0.25, 0.3) is 21.5 Å². The summed E-state index contributed by atoms with van der Waals surface area (Å²) in [6, 6.07) is 19.4. The first kappa shape index (κ1) is 9.22. The van der Waals surface area contributed by atoms with E-state index in [4.69, 9.17) is 0 Å². The smallest absolute Gasteiger partial charge is 0.0343 e. The highest BCUT2D eigenvalue weighted by atomic mass is 14.8. The molecule has 78 valence electrons. The van der Waals surface area contributed by atoms with E-state index in [0.29, 0.717) is 0 Å². The molecular formula is C15H13N. The van der Waals surface area contributed by atoms with E-state index in [1.165, 1.54) is 21.5 Å². The Morgan fingerprint density at radius 3 is 2.00 bits per heavy atom. The van der Waals surface area contributed by atoms with Crippen LogP contribution in [0.5, 0.6) is 0 Å². The lowest BCUT2D eigenvalue weighted by Crippen LogP contribution is -1.86. The van der Waals surface area contributed by atoms with Crippen LogP contribution in [0.4, 0.5) is 5.69 Å². The molecule has 1 nitrogen and oxygen atoms in total. The molecule has 0 radical (unpaired) electrons. The summed E-state index contributed by atoms with van der Waals surface area (Å²) in [6.45, 7) is 0. The molecule has 0 bridgehead atoms. The second-order valence-corrected chi connectivity index (χ2v) is 4.01. The molecule has 3 aromatic carbocycles. The minimum Gasteiger partial charge on any atom is -0.388 e. The van der Waals surface area contributed by atoms with E-state index in [1.54, 1.807) is 0 Å². The predicted molar refractivity (Wildman–Crippen MR) is 71.0 cm³/mol. The molecule has 0 spiro atoms. The van der Waals surface area contributed by atoms with Crippen LogP contribution in [0, 0.1) is 0 Å². The Morgan fingerprint density at radius 1 is 0.688 bits per heavy atom. The van der Waals surface area contributed by atoms with Crippen molar-refractivity contribution in [2.45, 2.75) is 0 Å². The monoisotopic (exact) mass is 207 g/mol. The van der Waals surface area contributed by atoms with Gasteiger partial charge in [-0.05, 0) is 45.8 Å². The Labute approximate surface area is 94.7 Å². The first-order valence-corrected chi connectivity index (χ1v) is 5.47. The molecule has 16 heavy (non-hydrogen) atoms. The molecule has 1 N–H and O–H groups in total. The van der Waals surface area contributed by atoms with Gasteiger partial charge in [0.25, 0.3) is 0 Å². The van der Waals surface area contributed by atoms with Gasteiger partial charge in [-0.1, -0.05) is 30.3 Å². The Morgan fingerprint density at radius 2 is 1.31 bits per heavy atom. The van der Waals surface area contributed by atoms with Gasteiger partial charge in [0.15, 0.2) is 0 Å². The lowest BCUT2D eigenvalue weighted by Gasteiger charge is -2.05. The minimum absolute atomic E-state index is 1.16. The fraction of sp³-hybridized carbons (Fsp3) is 0.0667. The zero-order chi connectivity index (χ0) is 11.0. The summed E-state index contributed by atoms with van der Waals surface area (Å²) in [5, 5.41) is 8.33. The van der Waals surface area contributed by atoms with Gasteiger partial charge in [0.1, 0.15) is 0 Å². The molecule has 0 aliphatic rings. The third-order valence-corrected chi connectivity index (χ3v) is 2.99. The van der Waals surface area contributed by atoms with Gasteiger partial charge in [0.2, 0.25) is 0 Å². The van der Waals surface area contributed by atoms with Crippen LogP contribution in [-0.2, 0) is 0 Å². The van der Waals surface area contributed by atoms with Crippen molar-refractivity contribution in [3.05, 3.63) is 54.6 Å². The van der Waals surface area contributed by atoms with Gasteiger partial charge in [-0.15, -0.1) is 0 Å². The van der Waals surface area contributed by atoms with Gasteiger partial charge in [-0.3, -0.25) is 0 Å². The largest absolute Gasteiger partial charge is 0.388 e. The van der Waals surface area contributed by atoms with Gasteiger partial charge < -0.3 is 5.32 Å². The molecule has 0 fully saturated rings. The Kier molecular flexibility index (Phi) is 2.03. The summed E-state index contributed by atoms with van der Waals surface area (Å²) in [5.41, 5.74) is 1.16. The average Bonchev–Trinajstić information content (AvgIpc) is 2.35. The van der Waals surface area contributed by atoms with Crippen molar-refractivity contribution < 1.29 is 0 Å². The van der Waals surface area contributed by atoms with Crippen molar-refractivity contribution >= 4 is 27.2 Å². The number of hydrogen-bond acceptors (Lipinski definition) is 1. The second kappa shape index (κ2) is 3.53. The molecule has 0 saturated heterocycles. The number of anilines is 1. The van der Waals surface area contributed by atoms with Crippen LogP contribution in [0.15, 0.2) is 54.6 Å². The normalized spacial score (nSPS) is 10.8. The quantitative estimate of drug-likeness (QED) is 0.594. The highest BCUT2D eigenvalue weighted by molar-refractivity contribution is 5.99. The van der Waals surface area contributed by atoms with Gasteiger partial charge in [-0.2, -0.15) is 0 Å². The highest BCUT2D eigenvalue weighted by Crippen LogP contribution is 2.24. The molecular weight excluding hydrogens is 194 g/mol. The first-order chi connectivity index (χ1) is 7.86. The van der Waals surface area contributed by atoms with Crippen molar-refractivity contribution in [1.82, 2.24) is 0 Å². The maximum atomic E-state index is 3.17. The lowest BCUT2D eigenvalue weighted by atomic mass is 10.0. The summed E-state index contributed by atoms with van der Waals surface area (Å²) < 4.78 is 0. The molecule has 0 aromatic heterocycles. The predicted octanol–water partition coefficient (Wildman–Crippen LogP) is 4.03. The van der Waals surface area contributed by atoms with E-state index in [0.717, 1.165) is 5.69 Å². The van der Waals surface area contributed by atoms with Crippen molar-refractivity contribution in [3.8, 4) is 0 Å². The Hall–Kier alpha value is -2.02. The zero-order valence-corrected chi connectivity index (χ0v) is 9.20. The molecule has 0 heterocycles. The van der Waals surface area contributed by atoms with E-state index < -0.39 is 0 Å². The first-order valence-electron chi connectivity index (χ1n) is 5.47. The summed E-state index contributed by atoms with van der Waals surface area (Å²) in [6.07, 6.45) is 0. The summed E-state index contributed by atoms with van der Waals surface area (Å²) >= 11 is 0. The summed E-state index contributed by atoms with van der Waals surface area (Å²) in [7, 11) is 1.95. The third-order valence-electron chi connectivity index (χ3n) is 2.99. The van der Waals surface area contributed by atoms with Gasteiger partial charge in [-0.25, -0.2) is 0 Å². The molecule has 0 aliphatic carbocycles. The zero-order valence-electron chi connectivity index (χ0n) is 9.20. The van der Waals surface area contributed by atoms with Gasteiger partial charge in [0, 0.05) is 12.7 Å². The summed E-state index contributed by atoms with van der Waals surface area (Å²) in [5.74, 6) is 0. The van der Waals surface area contributed by atoms with E-state index in [1.807, 2.05) is 7.05 Å². The van der Waals surface area contributed by atoms with Gasteiger partial charge in [0.05, 0.1) is 0 Å². The number of benzene rings is 3. The fourth-order valence-electron chi connectivity index (χ4n) is 2.10. The molecule has 0 unspecified atom stereocenters. The minimum atomic E-state index is 1.16. The molecule has 0 atom stereocenters. The van der Waals surface area contributed by atoms with Crippen LogP contribution < -0.4 is 5.32 Å². The number of rotatable bonds is 1. The lowest BCUT2D eigenvalue weighted by molar-refractivity contribution is 1.54. The Bertz CT molecular complexity index is 656. The molecule has 0 saturated carbocycles. The summed E-state index contributed by atoms with van der Waals surface area (Å²) in [4.78, 5) is 0. The second-order valence-electron chi connectivity index (χ2n) is 4.01. The van der Waals surface area contributed by atoms with E-state index in [9.17, 15) is 0 Å². The van der Waals surface area contributed by atoms with E-state index >= 15 is 0 Å². The molecule has 0 amide bonds. The van der Waals surface area contributed by atoms with Crippen LogP contribution in [0.2, 0.25) is 0 Å². The van der Waals surface area contributed by atoms with Crippen LogP contribution >= 0.6 is 0 Å². The fourth-order valence-corrected chi connectivity index (χ4v) is 2.10. The van der Waals surface area contributed by atoms with Crippen LogP contribution in [0.1, 0.15) is 0 Å². The standard InChI is InChI=1S/C15H13N/c1-16-15-7-6-13-8-11-4-2-3-5-12(11)9-14(13)10-15/h2-10,16H,1H3. The molecule has 0 aliphatic heterocycles. The molecule has 3 rings (SSSR count). The maximum absolute atomic E-state index is 3.17. The third kappa shape index (κ3) is 1.41. The van der Waals surface area contributed by atoms with Crippen molar-refractivity contribution in [2.75, 3.05) is 12.4 Å². The average molecular weight is 207 g/mol. The SMILES string of the molecule is CNc1ccc2cc3ccccc3cc2c1. The topological polar surface area (TPSA) is 12.0 Å². The molecule has 1 heteroatoms. The van der Waals surface area contributed by atoms with Crippen molar-refractivity contribution in [3.63, 3.8) is 0 Å². The van der Waals surface area contributed by atoms with Crippen LogP contribution in [0.3, 0.4) is 0 Å². The van der Waals surface area contributed by atoms with E-state index in [-0.39, 0.29) is 0 Å². The van der Waals surface area contributed by atoms with Crippen molar-refractivity contribution in [1.29, 1.82) is 0 Å². The van der Waals surface area contributed by atoms with Crippen molar-refractivity contribution in [2.24, 2.45) is 0 Å². The van der Waals surface area contributed by atoms with Gasteiger partial charge >= 0.3 is 0 Å². The Balaban J connectivity index is 2.37. The number of hydrogen-bond donors (Lipinski definition) is 1. The number of fused-ring (bicyclic) bond motifs is 2. The van der Waals surface area contributed by atoms with E-state index in [2.05, 4.69) is 59.9 Å². The maximum Gasteiger partial charge on any atom is 0.0343 e. The number of nitrogens with one attached hydrogen (secondary N) is 1. The molecule has 3 aromatic rings. The van der Waals surface area contributed by atoms with Crippen LogP contribution in [-0.4, -0.2) is 7.05 Å². The highest BCUT2D eigenvalue weighted by Gasteiger charge is 1.98.